The number of likely N-dealkylation sites (tertiary alicyclic amines) is 1. The molecular formula is C17H26Cl2N2O. The molecule has 1 aliphatic carbocycles. The molecule has 1 aromatic rings. The summed E-state index contributed by atoms with van der Waals surface area (Å²) in [6, 6.07) is 8.49. The van der Waals surface area contributed by atoms with E-state index in [1.54, 1.807) is 7.11 Å². The number of para-hydroxylation sites is 1. The number of benzene rings is 1. The lowest BCUT2D eigenvalue weighted by molar-refractivity contribution is 0.349. The van der Waals surface area contributed by atoms with Crippen LogP contribution in [0, 0.1) is 11.8 Å². The van der Waals surface area contributed by atoms with Crippen LogP contribution in [-0.4, -0.2) is 37.7 Å². The number of hydrogen-bond donors (Lipinski definition) is 1. The van der Waals surface area contributed by atoms with Gasteiger partial charge in [-0.15, -0.1) is 24.8 Å². The average molecular weight is 345 g/mol. The van der Waals surface area contributed by atoms with Gasteiger partial charge in [-0.2, -0.15) is 0 Å². The van der Waals surface area contributed by atoms with Gasteiger partial charge >= 0.3 is 0 Å². The topological polar surface area (TPSA) is 38.5 Å². The number of ether oxygens (including phenoxy) is 1. The maximum atomic E-state index is 6.25. The molecule has 0 radical (unpaired) electrons. The predicted molar refractivity (Wildman–Crippen MR) is 97.2 cm³/mol. The lowest BCUT2D eigenvalue weighted by Crippen LogP contribution is -2.30. The summed E-state index contributed by atoms with van der Waals surface area (Å²) in [6.07, 6.45) is 7.15. The summed E-state index contributed by atoms with van der Waals surface area (Å²) in [5, 5.41) is 0. The summed E-state index contributed by atoms with van der Waals surface area (Å²) < 4.78 is 5.36. The molecule has 1 heterocycles. The maximum Gasteiger partial charge on any atom is 0.126 e. The van der Waals surface area contributed by atoms with Gasteiger partial charge in [-0.25, -0.2) is 0 Å². The second-order valence-electron chi connectivity index (χ2n) is 6.03. The third-order valence-corrected chi connectivity index (χ3v) is 4.52. The van der Waals surface area contributed by atoms with Crippen LogP contribution in [0.5, 0.6) is 5.75 Å². The number of halogens is 2. The number of nitrogens with zero attached hydrogens (tertiary/aromatic N) is 1. The Morgan fingerprint density at radius 1 is 1.23 bits per heavy atom. The Morgan fingerprint density at radius 3 is 2.64 bits per heavy atom. The minimum absolute atomic E-state index is 0. The quantitative estimate of drug-likeness (QED) is 0.891. The summed E-state index contributed by atoms with van der Waals surface area (Å²) in [4.78, 5) is 2.47. The van der Waals surface area contributed by atoms with Gasteiger partial charge < -0.3 is 10.5 Å². The van der Waals surface area contributed by atoms with Crippen molar-refractivity contribution in [2.75, 3.05) is 26.7 Å². The van der Waals surface area contributed by atoms with Crippen LogP contribution in [0.15, 0.2) is 30.3 Å². The number of nitrogens with two attached hydrogens (primary N) is 1. The summed E-state index contributed by atoms with van der Waals surface area (Å²) in [7, 11) is 1.71. The van der Waals surface area contributed by atoms with Crippen LogP contribution in [0.1, 0.15) is 18.4 Å². The van der Waals surface area contributed by atoms with Crippen LogP contribution in [0.3, 0.4) is 0 Å². The van der Waals surface area contributed by atoms with Crippen LogP contribution in [0.2, 0.25) is 0 Å². The van der Waals surface area contributed by atoms with Gasteiger partial charge in [-0.05, 0) is 30.7 Å². The van der Waals surface area contributed by atoms with Gasteiger partial charge in [0.25, 0.3) is 0 Å². The second-order valence-corrected chi connectivity index (χ2v) is 6.03. The minimum Gasteiger partial charge on any atom is -0.496 e. The lowest BCUT2D eigenvalue weighted by atomic mass is 9.99. The largest absolute Gasteiger partial charge is 0.496 e. The first-order valence-electron chi connectivity index (χ1n) is 7.55. The first kappa shape index (κ1) is 19.3. The number of methoxy groups -OCH3 is 1. The maximum absolute atomic E-state index is 6.25. The van der Waals surface area contributed by atoms with Crippen LogP contribution >= 0.6 is 24.8 Å². The Labute approximate surface area is 145 Å². The Hall–Kier alpha value is -0.740. The molecule has 0 spiro atoms. The Morgan fingerprint density at radius 2 is 1.95 bits per heavy atom. The van der Waals surface area contributed by atoms with E-state index in [9.17, 15) is 0 Å². The molecule has 1 saturated heterocycles. The molecule has 124 valence electrons. The van der Waals surface area contributed by atoms with Crippen molar-refractivity contribution in [1.29, 1.82) is 0 Å². The Bertz CT molecular complexity index is 491. The molecule has 1 saturated carbocycles. The van der Waals surface area contributed by atoms with Crippen molar-refractivity contribution in [3.05, 3.63) is 35.9 Å². The van der Waals surface area contributed by atoms with Gasteiger partial charge in [0.05, 0.1) is 7.11 Å². The van der Waals surface area contributed by atoms with Gasteiger partial charge in [0.2, 0.25) is 0 Å². The highest BCUT2D eigenvalue weighted by Crippen LogP contribution is 2.40. The van der Waals surface area contributed by atoms with Crippen LogP contribution in [0.4, 0.5) is 0 Å². The normalized spacial score (nSPS) is 24.8. The van der Waals surface area contributed by atoms with Gasteiger partial charge in [0.1, 0.15) is 5.75 Å². The Balaban J connectivity index is 0.00000121. The van der Waals surface area contributed by atoms with E-state index in [0.717, 1.165) is 36.2 Å². The number of rotatable bonds is 5. The standard InChI is InChI=1S/C17H24N2O.2ClH/c1-20-17-7-3-2-5-14(17)6-4-10-19-11-15(13-8-9-13)16(18)12-19;;/h2-7,13,15-16H,8-12,18H2,1H3;2*1H/t15-,16+;;/m1../s1. The molecule has 1 aromatic carbocycles. The number of hydrogen-bond acceptors (Lipinski definition) is 3. The van der Waals surface area contributed by atoms with Crippen molar-refractivity contribution < 1.29 is 4.74 Å². The molecule has 5 heteroatoms. The molecule has 1 aliphatic heterocycles. The van der Waals surface area contributed by atoms with E-state index >= 15 is 0 Å². The van der Waals surface area contributed by atoms with Crippen LogP contribution in [0.25, 0.3) is 6.08 Å². The molecule has 3 nitrogen and oxygen atoms in total. The zero-order chi connectivity index (χ0) is 13.9. The molecule has 0 amide bonds. The predicted octanol–water partition coefficient (Wildman–Crippen LogP) is 3.22. The zero-order valence-electron chi connectivity index (χ0n) is 13.0. The van der Waals surface area contributed by atoms with E-state index in [2.05, 4.69) is 23.1 Å². The fraction of sp³-hybridized carbons (Fsp3) is 0.529. The van der Waals surface area contributed by atoms with Gasteiger partial charge in [0.15, 0.2) is 0 Å². The van der Waals surface area contributed by atoms with Gasteiger partial charge in [-0.3, -0.25) is 4.90 Å². The highest BCUT2D eigenvalue weighted by Gasteiger charge is 2.40. The monoisotopic (exact) mass is 344 g/mol. The highest BCUT2D eigenvalue weighted by molar-refractivity contribution is 5.85. The summed E-state index contributed by atoms with van der Waals surface area (Å²) >= 11 is 0. The summed E-state index contributed by atoms with van der Waals surface area (Å²) in [6.45, 7) is 3.19. The molecule has 22 heavy (non-hydrogen) atoms. The van der Waals surface area contributed by atoms with E-state index in [-0.39, 0.29) is 24.8 Å². The fourth-order valence-electron chi connectivity index (χ4n) is 3.25. The summed E-state index contributed by atoms with van der Waals surface area (Å²) in [5.41, 5.74) is 7.39. The van der Waals surface area contributed by atoms with Crippen LogP contribution in [-0.2, 0) is 0 Å². The molecule has 2 fully saturated rings. The molecule has 0 bridgehead atoms. The van der Waals surface area contributed by atoms with Crippen molar-refractivity contribution in [3.63, 3.8) is 0 Å². The molecule has 0 unspecified atom stereocenters. The van der Waals surface area contributed by atoms with Crippen molar-refractivity contribution in [3.8, 4) is 5.75 Å². The lowest BCUT2D eigenvalue weighted by Gasteiger charge is -2.13. The first-order chi connectivity index (χ1) is 9.78. The molecule has 0 aromatic heterocycles. The van der Waals surface area contributed by atoms with E-state index in [1.807, 2.05) is 18.2 Å². The van der Waals surface area contributed by atoms with E-state index in [4.69, 9.17) is 10.5 Å². The molecular weight excluding hydrogens is 319 g/mol. The second kappa shape index (κ2) is 8.78. The smallest absolute Gasteiger partial charge is 0.126 e. The highest BCUT2D eigenvalue weighted by atomic mass is 35.5. The van der Waals surface area contributed by atoms with Crippen molar-refractivity contribution >= 4 is 30.9 Å². The third-order valence-electron chi connectivity index (χ3n) is 4.52. The van der Waals surface area contributed by atoms with Gasteiger partial charge in [-0.1, -0.05) is 30.4 Å². The summed E-state index contributed by atoms with van der Waals surface area (Å²) in [5.74, 6) is 2.57. The SMILES string of the molecule is COc1ccccc1C=CCN1C[C@H](C2CC2)[C@@H](N)C1.Cl.Cl. The van der Waals surface area contributed by atoms with E-state index in [0.29, 0.717) is 6.04 Å². The van der Waals surface area contributed by atoms with Crippen LogP contribution < -0.4 is 10.5 Å². The van der Waals surface area contributed by atoms with E-state index < -0.39 is 0 Å². The van der Waals surface area contributed by atoms with Crippen molar-refractivity contribution in [2.45, 2.75) is 18.9 Å². The molecule has 2 aliphatic rings. The third kappa shape index (κ3) is 4.63. The van der Waals surface area contributed by atoms with Gasteiger partial charge in [0, 0.05) is 31.2 Å². The van der Waals surface area contributed by atoms with E-state index in [1.165, 1.54) is 19.4 Å². The molecule has 2 N–H and O–H groups in total. The average Bonchev–Trinajstić information content (AvgIpc) is 3.23. The van der Waals surface area contributed by atoms with Crippen molar-refractivity contribution in [1.82, 2.24) is 4.90 Å². The zero-order valence-corrected chi connectivity index (χ0v) is 14.6. The van der Waals surface area contributed by atoms with Crippen molar-refractivity contribution in [2.24, 2.45) is 17.6 Å². The first-order valence-corrected chi connectivity index (χ1v) is 7.55. The Kier molecular flexibility index (Phi) is 7.70. The molecule has 2 atom stereocenters. The minimum atomic E-state index is 0. The molecule has 3 rings (SSSR count). The fourth-order valence-corrected chi connectivity index (χ4v) is 3.25.